The fourth-order valence-electron chi connectivity index (χ4n) is 2.82. The van der Waals surface area contributed by atoms with Gasteiger partial charge in [0.25, 0.3) is 0 Å². The molecule has 11 nitrogen and oxygen atoms in total. The SMILES string of the molecule is CC(=O)NC[C@H]1CN(c2ccc(N3CCOCC3)c(F)c2)C(=O)O1.O=S(=O)(O)O. The number of nitrogens with one attached hydrogen (secondary N) is 1. The van der Waals surface area contributed by atoms with Crippen molar-refractivity contribution < 1.29 is 41.0 Å². The van der Waals surface area contributed by atoms with Crippen molar-refractivity contribution >= 4 is 33.8 Å². The Morgan fingerprint density at radius 2 is 1.93 bits per heavy atom. The van der Waals surface area contributed by atoms with E-state index in [4.69, 9.17) is 27.0 Å². The topological polar surface area (TPSA) is 146 Å². The van der Waals surface area contributed by atoms with Crippen LogP contribution in [-0.2, 0) is 24.7 Å². The Morgan fingerprint density at radius 1 is 1.31 bits per heavy atom. The second-order valence-corrected chi connectivity index (χ2v) is 7.13. The molecule has 2 aliphatic heterocycles. The zero-order valence-electron chi connectivity index (χ0n) is 15.6. The van der Waals surface area contributed by atoms with Crippen LogP contribution in [0.5, 0.6) is 0 Å². The lowest BCUT2D eigenvalue weighted by Gasteiger charge is -2.29. The van der Waals surface area contributed by atoms with Crippen molar-refractivity contribution in [3.63, 3.8) is 0 Å². The molecule has 2 heterocycles. The van der Waals surface area contributed by atoms with Crippen molar-refractivity contribution in [3.05, 3.63) is 24.0 Å². The van der Waals surface area contributed by atoms with Crippen LogP contribution >= 0.6 is 0 Å². The number of carbonyl (C=O) groups is 2. The van der Waals surface area contributed by atoms with Crippen LogP contribution < -0.4 is 15.1 Å². The fourth-order valence-corrected chi connectivity index (χ4v) is 2.82. The first-order chi connectivity index (χ1) is 13.5. The molecule has 29 heavy (non-hydrogen) atoms. The standard InChI is InChI=1S/C16H20FN3O4.H2O4S/c1-11(21)18-9-13-10-20(16(22)24-13)12-2-3-15(14(17)8-12)19-4-6-23-7-5-19;1-5(2,3)4/h2-3,8,13H,4-7,9-10H2,1H3,(H,18,21);(H2,1,2,3,4)/t13-;/m0./s1. The lowest BCUT2D eigenvalue weighted by molar-refractivity contribution is -0.119. The average molecular weight is 435 g/mol. The summed E-state index contributed by atoms with van der Waals surface area (Å²) in [7, 11) is -4.67. The number of ether oxygens (including phenoxy) is 2. The second-order valence-electron chi connectivity index (χ2n) is 6.24. The average Bonchev–Trinajstić information content (AvgIpc) is 3.00. The monoisotopic (exact) mass is 435 g/mol. The lowest BCUT2D eigenvalue weighted by atomic mass is 10.2. The Kier molecular flexibility index (Phi) is 7.73. The van der Waals surface area contributed by atoms with Gasteiger partial charge in [0.15, 0.2) is 0 Å². The Morgan fingerprint density at radius 3 is 2.48 bits per heavy atom. The van der Waals surface area contributed by atoms with Gasteiger partial charge in [-0.05, 0) is 18.2 Å². The van der Waals surface area contributed by atoms with Gasteiger partial charge in [-0.2, -0.15) is 8.42 Å². The number of benzene rings is 1. The summed E-state index contributed by atoms with van der Waals surface area (Å²) in [6.07, 6.45) is -0.979. The predicted octanol–water partition coefficient (Wildman–Crippen LogP) is 0.471. The number of rotatable bonds is 4. The smallest absolute Gasteiger partial charge is 0.414 e. The summed E-state index contributed by atoms with van der Waals surface area (Å²) in [6, 6.07) is 4.72. The Bertz CT molecular complexity index is 837. The highest BCUT2D eigenvalue weighted by Gasteiger charge is 2.33. The van der Waals surface area contributed by atoms with Gasteiger partial charge < -0.3 is 19.7 Å². The third-order valence-electron chi connectivity index (χ3n) is 4.05. The van der Waals surface area contributed by atoms with Crippen LogP contribution in [0, 0.1) is 5.82 Å². The number of cyclic esters (lactones) is 1. The minimum atomic E-state index is -4.67. The van der Waals surface area contributed by atoms with Crippen LogP contribution in [0.15, 0.2) is 18.2 Å². The van der Waals surface area contributed by atoms with E-state index < -0.39 is 22.6 Å². The van der Waals surface area contributed by atoms with Gasteiger partial charge in [-0.15, -0.1) is 0 Å². The highest BCUT2D eigenvalue weighted by atomic mass is 32.3. The van der Waals surface area contributed by atoms with E-state index in [0.29, 0.717) is 37.7 Å². The van der Waals surface area contributed by atoms with Gasteiger partial charge in [-0.3, -0.25) is 18.8 Å². The predicted molar refractivity (Wildman–Crippen MR) is 99.9 cm³/mol. The summed E-state index contributed by atoms with van der Waals surface area (Å²) < 4.78 is 56.5. The molecule has 1 aromatic rings. The summed E-state index contributed by atoms with van der Waals surface area (Å²) in [5.74, 6) is -0.571. The van der Waals surface area contributed by atoms with Gasteiger partial charge >= 0.3 is 16.5 Å². The number of morpholine rings is 1. The van der Waals surface area contributed by atoms with Gasteiger partial charge in [0.1, 0.15) is 11.9 Å². The van der Waals surface area contributed by atoms with E-state index in [-0.39, 0.29) is 24.8 Å². The highest BCUT2D eigenvalue weighted by Crippen LogP contribution is 2.28. The molecule has 2 amide bonds. The molecule has 0 aromatic heterocycles. The first kappa shape index (κ1) is 22.8. The Balaban J connectivity index is 0.000000537. The molecule has 3 N–H and O–H groups in total. The van der Waals surface area contributed by atoms with E-state index in [1.165, 1.54) is 17.9 Å². The van der Waals surface area contributed by atoms with Crippen molar-refractivity contribution in [3.8, 4) is 0 Å². The van der Waals surface area contributed by atoms with E-state index in [2.05, 4.69) is 5.32 Å². The first-order valence-electron chi connectivity index (χ1n) is 8.59. The molecule has 3 rings (SSSR count). The quantitative estimate of drug-likeness (QED) is 0.575. The molecule has 1 aromatic carbocycles. The van der Waals surface area contributed by atoms with Crippen LogP contribution in [0.25, 0.3) is 0 Å². The van der Waals surface area contributed by atoms with E-state index in [9.17, 15) is 14.0 Å². The number of anilines is 2. The van der Waals surface area contributed by atoms with Crippen molar-refractivity contribution in [1.29, 1.82) is 0 Å². The number of carbonyl (C=O) groups excluding carboxylic acids is 2. The van der Waals surface area contributed by atoms with Crippen molar-refractivity contribution in [2.75, 3.05) is 49.2 Å². The van der Waals surface area contributed by atoms with Gasteiger partial charge in [0.05, 0.1) is 37.7 Å². The van der Waals surface area contributed by atoms with Crippen molar-refractivity contribution in [2.24, 2.45) is 0 Å². The fraction of sp³-hybridized carbons (Fsp3) is 0.500. The van der Waals surface area contributed by atoms with Crippen molar-refractivity contribution in [1.82, 2.24) is 5.32 Å². The van der Waals surface area contributed by atoms with Gasteiger partial charge in [0, 0.05) is 20.0 Å². The molecule has 0 saturated carbocycles. The number of halogens is 1. The van der Waals surface area contributed by atoms with Gasteiger partial charge in [-0.25, -0.2) is 9.18 Å². The van der Waals surface area contributed by atoms with Crippen LogP contribution in [0.1, 0.15) is 6.92 Å². The molecular weight excluding hydrogens is 413 g/mol. The van der Waals surface area contributed by atoms with E-state index in [1.54, 1.807) is 12.1 Å². The first-order valence-corrected chi connectivity index (χ1v) is 9.99. The minimum Gasteiger partial charge on any atom is -0.442 e. The number of amides is 2. The zero-order valence-corrected chi connectivity index (χ0v) is 16.4. The molecule has 1 atom stereocenters. The molecule has 162 valence electrons. The highest BCUT2D eigenvalue weighted by molar-refractivity contribution is 7.79. The Labute approximate surface area is 166 Å². The summed E-state index contributed by atoms with van der Waals surface area (Å²) in [5, 5.41) is 2.61. The summed E-state index contributed by atoms with van der Waals surface area (Å²) >= 11 is 0. The number of hydrogen-bond donors (Lipinski definition) is 3. The molecule has 2 saturated heterocycles. The van der Waals surface area contributed by atoms with Crippen LogP contribution in [0.2, 0.25) is 0 Å². The summed E-state index contributed by atoms with van der Waals surface area (Å²) in [6.45, 7) is 4.34. The molecule has 0 bridgehead atoms. The Hall–Kier alpha value is -2.48. The molecule has 2 fully saturated rings. The van der Waals surface area contributed by atoms with Crippen molar-refractivity contribution in [2.45, 2.75) is 13.0 Å². The molecule has 13 heteroatoms. The van der Waals surface area contributed by atoms with E-state index in [1.807, 2.05) is 4.90 Å². The molecule has 2 aliphatic rings. The lowest BCUT2D eigenvalue weighted by Crippen LogP contribution is -2.36. The maximum absolute atomic E-state index is 14.4. The summed E-state index contributed by atoms with van der Waals surface area (Å²) in [4.78, 5) is 26.2. The maximum atomic E-state index is 14.4. The van der Waals surface area contributed by atoms with Gasteiger partial charge in [0.2, 0.25) is 5.91 Å². The molecular formula is C16H22FN3O8S. The van der Waals surface area contributed by atoms with Gasteiger partial charge in [-0.1, -0.05) is 0 Å². The molecule has 0 aliphatic carbocycles. The van der Waals surface area contributed by atoms with Crippen LogP contribution in [0.3, 0.4) is 0 Å². The largest absolute Gasteiger partial charge is 0.442 e. The normalized spacial score (nSPS) is 19.3. The molecule has 0 spiro atoms. The van der Waals surface area contributed by atoms with Crippen LogP contribution in [-0.4, -0.2) is 75.0 Å². The second kappa shape index (κ2) is 9.82. The van der Waals surface area contributed by atoms with Crippen LogP contribution in [0.4, 0.5) is 20.6 Å². The summed E-state index contributed by atoms with van der Waals surface area (Å²) in [5.41, 5.74) is 0.948. The molecule has 0 radical (unpaired) electrons. The number of hydrogen-bond acceptors (Lipinski definition) is 7. The third kappa shape index (κ3) is 7.45. The maximum Gasteiger partial charge on any atom is 0.414 e. The van der Waals surface area contributed by atoms with E-state index in [0.717, 1.165) is 0 Å². The van der Waals surface area contributed by atoms with E-state index >= 15 is 0 Å². The zero-order chi connectivity index (χ0) is 21.6. The third-order valence-corrected chi connectivity index (χ3v) is 4.05. The molecule has 0 unspecified atom stereocenters. The number of nitrogens with zero attached hydrogens (tertiary/aromatic N) is 2. The minimum absolute atomic E-state index is 0.189.